The molecule has 1 rings (SSSR count). The molecule has 1 fully saturated rings. The second-order valence-corrected chi connectivity index (χ2v) is 5.42. The van der Waals surface area contributed by atoms with Crippen molar-refractivity contribution < 1.29 is 5.11 Å². The fraction of sp³-hybridized carbons (Fsp3) is 1.00. The maximum atomic E-state index is 9.71. The Kier molecular flexibility index (Phi) is 2.82. The van der Waals surface area contributed by atoms with Gasteiger partial charge in [-0.15, -0.1) is 0 Å². The third-order valence-electron chi connectivity index (χ3n) is 3.38. The molecule has 72 valence electrons. The number of rotatable bonds is 0. The van der Waals surface area contributed by atoms with Crippen molar-refractivity contribution in [3.05, 3.63) is 0 Å². The van der Waals surface area contributed by atoms with Crippen LogP contribution in [0, 0.1) is 17.3 Å². The number of aliphatic hydroxyl groups is 1. The van der Waals surface area contributed by atoms with Gasteiger partial charge in [-0.1, -0.05) is 27.7 Å². The monoisotopic (exact) mass is 170 g/mol. The van der Waals surface area contributed by atoms with E-state index in [2.05, 4.69) is 27.7 Å². The van der Waals surface area contributed by atoms with Gasteiger partial charge in [0, 0.05) is 0 Å². The highest BCUT2D eigenvalue weighted by molar-refractivity contribution is 4.83. The summed E-state index contributed by atoms with van der Waals surface area (Å²) in [7, 11) is 0. The van der Waals surface area contributed by atoms with Crippen LogP contribution in [0.15, 0.2) is 0 Å². The molecule has 0 bridgehead atoms. The van der Waals surface area contributed by atoms with Crippen molar-refractivity contribution >= 4 is 0 Å². The minimum atomic E-state index is -0.0528. The predicted molar refractivity (Wildman–Crippen MR) is 52.0 cm³/mol. The van der Waals surface area contributed by atoms with Crippen LogP contribution in [0.3, 0.4) is 0 Å². The van der Waals surface area contributed by atoms with Crippen molar-refractivity contribution in [3.63, 3.8) is 0 Å². The summed E-state index contributed by atoms with van der Waals surface area (Å²) in [5.41, 5.74) is 0.376. The Bertz CT molecular complexity index is 146. The minimum absolute atomic E-state index is 0.0528. The predicted octanol–water partition coefficient (Wildman–Crippen LogP) is 2.83. The molecule has 0 aromatic rings. The molecule has 1 N–H and O–H groups in total. The van der Waals surface area contributed by atoms with Gasteiger partial charge in [-0.25, -0.2) is 0 Å². The molecule has 3 atom stereocenters. The number of aliphatic hydroxyl groups excluding tert-OH is 1. The molecule has 0 aromatic carbocycles. The summed E-state index contributed by atoms with van der Waals surface area (Å²) in [4.78, 5) is 0. The molecule has 1 nitrogen and oxygen atoms in total. The van der Waals surface area contributed by atoms with E-state index in [0.717, 1.165) is 6.42 Å². The van der Waals surface area contributed by atoms with Crippen molar-refractivity contribution in [2.24, 2.45) is 17.3 Å². The first-order valence-electron chi connectivity index (χ1n) is 5.09. The zero-order valence-corrected chi connectivity index (χ0v) is 8.80. The Labute approximate surface area is 76.2 Å². The lowest BCUT2D eigenvalue weighted by molar-refractivity contribution is 0.0202. The maximum absolute atomic E-state index is 9.71. The Morgan fingerprint density at radius 2 is 1.75 bits per heavy atom. The third kappa shape index (κ3) is 2.22. The van der Waals surface area contributed by atoms with E-state index in [4.69, 9.17) is 0 Å². The van der Waals surface area contributed by atoms with E-state index < -0.39 is 0 Å². The SMILES string of the molecule is C[C@H]1CC[C@@H](C(C)(C)C)C[C@H]1O. The summed E-state index contributed by atoms with van der Waals surface area (Å²) in [5, 5.41) is 9.71. The molecule has 0 heterocycles. The summed E-state index contributed by atoms with van der Waals surface area (Å²) < 4.78 is 0. The van der Waals surface area contributed by atoms with Crippen LogP contribution < -0.4 is 0 Å². The largest absolute Gasteiger partial charge is 0.393 e. The van der Waals surface area contributed by atoms with E-state index in [1.54, 1.807) is 0 Å². The van der Waals surface area contributed by atoms with Crippen LogP contribution >= 0.6 is 0 Å². The molecular weight excluding hydrogens is 148 g/mol. The highest BCUT2D eigenvalue weighted by atomic mass is 16.3. The van der Waals surface area contributed by atoms with Crippen LogP contribution in [-0.4, -0.2) is 11.2 Å². The minimum Gasteiger partial charge on any atom is -0.393 e. The maximum Gasteiger partial charge on any atom is 0.0568 e. The zero-order valence-electron chi connectivity index (χ0n) is 8.80. The second-order valence-electron chi connectivity index (χ2n) is 5.42. The van der Waals surface area contributed by atoms with Gasteiger partial charge < -0.3 is 5.11 Å². The Morgan fingerprint density at radius 1 is 1.17 bits per heavy atom. The first-order chi connectivity index (χ1) is 5.41. The molecule has 0 unspecified atom stereocenters. The van der Waals surface area contributed by atoms with E-state index in [-0.39, 0.29) is 6.10 Å². The molecule has 1 aliphatic rings. The molecule has 0 aliphatic heterocycles. The van der Waals surface area contributed by atoms with Crippen molar-refractivity contribution in [2.45, 2.75) is 53.1 Å². The van der Waals surface area contributed by atoms with Crippen LogP contribution in [0.1, 0.15) is 47.0 Å². The molecule has 1 saturated carbocycles. The van der Waals surface area contributed by atoms with E-state index in [9.17, 15) is 5.11 Å². The lowest BCUT2D eigenvalue weighted by atomic mass is 9.69. The molecule has 0 spiro atoms. The number of hydrogen-bond acceptors (Lipinski definition) is 1. The van der Waals surface area contributed by atoms with Crippen LogP contribution in [0.4, 0.5) is 0 Å². The summed E-state index contributed by atoms with van der Waals surface area (Å²) in [6, 6.07) is 0. The molecule has 1 heteroatoms. The van der Waals surface area contributed by atoms with Crippen LogP contribution in [0.2, 0.25) is 0 Å². The Morgan fingerprint density at radius 3 is 2.17 bits per heavy atom. The molecule has 12 heavy (non-hydrogen) atoms. The summed E-state index contributed by atoms with van der Waals surface area (Å²) in [5.74, 6) is 1.23. The van der Waals surface area contributed by atoms with Crippen molar-refractivity contribution in [3.8, 4) is 0 Å². The first kappa shape index (κ1) is 10.0. The van der Waals surface area contributed by atoms with Gasteiger partial charge in [0.05, 0.1) is 6.10 Å². The molecular formula is C11H22O. The quantitative estimate of drug-likeness (QED) is 0.592. The van der Waals surface area contributed by atoms with Gasteiger partial charge in [0.15, 0.2) is 0 Å². The highest BCUT2D eigenvalue weighted by Crippen LogP contribution is 2.39. The average Bonchev–Trinajstić information content (AvgIpc) is 1.92. The van der Waals surface area contributed by atoms with Gasteiger partial charge in [0.1, 0.15) is 0 Å². The fourth-order valence-electron chi connectivity index (χ4n) is 2.08. The normalized spacial score (nSPS) is 38.2. The van der Waals surface area contributed by atoms with Crippen molar-refractivity contribution in [1.29, 1.82) is 0 Å². The van der Waals surface area contributed by atoms with Gasteiger partial charge in [0.25, 0.3) is 0 Å². The highest BCUT2D eigenvalue weighted by Gasteiger charge is 2.32. The lowest BCUT2D eigenvalue weighted by Crippen LogP contribution is -2.33. The smallest absolute Gasteiger partial charge is 0.0568 e. The topological polar surface area (TPSA) is 20.2 Å². The van der Waals surface area contributed by atoms with Crippen LogP contribution in [-0.2, 0) is 0 Å². The van der Waals surface area contributed by atoms with E-state index in [1.807, 2.05) is 0 Å². The van der Waals surface area contributed by atoms with Gasteiger partial charge in [-0.3, -0.25) is 0 Å². The zero-order chi connectivity index (χ0) is 9.35. The average molecular weight is 170 g/mol. The second kappa shape index (κ2) is 3.37. The third-order valence-corrected chi connectivity index (χ3v) is 3.38. The van der Waals surface area contributed by atoms with Crippen LogP contribution in [0.5, 0.6) is 0 Å². The summed E-state index contributed by atoms with van der Waals surface area (Å²) >= 11 is 0. The van der Waals surface area contributed by atoms with Crippen molar-refractivity contribution in [2.75, 3.05) is 0 Å². The van der Waals surface area contributed by atoms with Gasteiger partial charge in [-0.2, -0.15) is 0 Å². The van der Waals surface area contributed by atoms with E-state index >= 15 is 0 Å². The number of hydrogen-bond donors (Lipinski definition) is 1. The standard InChI is InChI=1S/C11H22O/c1-8-5-6-9(7-10(8)12)11(2,3)4/h8-10,12H,5-7H2,1-4H3/t8-,9+,10+/m0/s1. The van der Waals surface area contributed by atoms with Crippen LogP contribution in [0.25, 0.3) is 0 Å². The summed E-state index contributed by atoms with van der Waals surface area (Å²) in [6.45, 7) is 8.99. The Balaban J connectivity index is 2.51. The van der Waals surface area contributed by atoms with Gasteiger partial charge >= 0.3 is 0 Å². The molecule has 1 aliphatic carbocycles. The molecule has 0 radical (unpaired) electrons. The lowest BCUT2D eigenvalue weighted by Gasteiger charge is -2.38. The van der Waals surface area contributed by atoms with Gasteiger partial charge in [0.2, 0.25) is 0 Å². The Hall–Kier alpha value is -0.0400. The van der Waals surface area contributed by atoms with E-state index in [1.165, 1.54) is 12.8 Å². The van der Waals surface area contributed by atoms with Gasteiger partial charge in [-0.05, 0) is 36.5 Å². The first-order valence-corrected chi connectivity index (χ1v) is 5.09. The molecule has 0 aromatic heterocycles. The fourth-order valence-corrected chi connectivity index (χ4v) is 2.08. The van der Waals surface area contributed by atoms with E-state index in [0.29, 0.717) is 17.3 Å². The van der Waals surface area contributed by atoms with Crippen molar-refractivity contribution in [1.82, 2.24) is 0 Å². The molecule has 0 saturated heterocycles. The molecule has 0 amide bonds. The summed E-state index contributed by atoms with van der Waals surface area (Å²) in [6.07, 6.45) is 3.44.